The molecule has 0 aliphatic rings. The van der Waals surface area contributed by atoms with E-state index >= 15 is 0 Å². The SMILES string of the molecule is O=Cc1nnn(Cc2cccc(F)c2)c1-c1ccccc1F. The summed E-state index contributed by atoms with van der Waals surface area (Å²) in [5.74, 6) is -0.853. The van der Waals surface area contributed by atoms with Crippen LogP contribution in [-0.2, 0) is 6.54 Å². The van der Waals surface area contributed by atoms with Crippen LogP contribution in [0.5, 0.6) is 0 Å². The first-order chi connectivity index (χ1) is 10.7. The van der Waals surface area contributed by atoms with E-state index < -0.39 is 5.82 Å². The Labute approximate surface area is 125 Å². The van der Waals surface area contributed by atoms with Gasteiger partial charge in [0.05, 0.1) is 6.54 Å². The maximum atomic E-state index is 14.0. The van der Waals surface area contributed by atoms with Crippen LogP contribution >= 0.6 is 0 Å². The fourth-order valence-corrected chi connectivity index (χ4v) is 2.26. The fourth-order valence-electron chi connectivity index (χ4n) is 2.26. The lowest BCUT2D eigenvalue weighted by Crippen LogP contribution is -2.05. The molecule has 0 amide bonds. The third-order valence-electron chi connectivity index (χ3n) is 3.22. The zero-order valence-corrected chi connectivity index (χ0v) is 11.4. The van der Waals surface area contributed by atoms with Gasteiger partial charge in [0.25, 0.3) is 0 Å². The molecule has 0 saturated carbocycles. The summed E-state index contributed by atoms with van der Waals surface area (Å²) < 4.78 is 28.7. The zero-order valence-electron chi connectivity index (χ0n) is 11.4. The second-order valence-electron chi connectivity index (χ2n) is 4.71. The Kier molecular flexibility index (Phi) is 3.74. The zero-order chi connectivity index (χ0) is 15.5. The molecule has 3 aromatic rings. The topological polar surface area (TPSA) is 47.8 Å². The predicted molar refractivity (Wildman–Crippen MR) is 76.3 cm³/mol. The van der Waals surface area contributed by atoms with Gasteiger partial charge in [0.1, 0.15) is 17.3 Å². The van der Waals surface area contributed by atoms with E-state index in [1.165, 1.54) is 22.9 Å². The van der Waals surface area contributed by atoms with Gasteiger partial charge in [0.2, 0.25) is 0 Å². The Morgan fingerprint density at radius 3 is 2.64 bits per heavy atom. The predicted octanol–water partition coefficient (Wildman–Crippen LogP) is 3.08. The van der Waals surface area contributed by atoms with E-state index in [2.05, 4.69) is 10.3 Å². The Hall–Kier alpha value is -2.89. The van der Waals surface area contributed by atoms with Crippen molar-refractivity contribution < 1.29 is 13.6 Å². The molecule has 3 rings (SSSR count). The molecule has 0 aliphatic carbocycles. The molecule has 0 atom stereocenters. The van der Waals surface area contributed by atoms with Crippen LogP contribution in [0.25, 0.3) is 11.3 Å². The summed E-state index contributed by atoms with van der Waals surface area (Å²) >= 11 is 0. The van der Waals surface area contributed by atoms with Crippen molar-refractivity contribution in [3.8, 4) is 11.3 Å². The highest BCUT2D eigenvalue weighted by molar-refractivity contribution is 5.83. The highest BCUT2D eigenvalue weighted by atomic mass is 19.1. The molecule has 0 unspecified atom stereocenters. The largest absolute Gasteiger partial charge is 0.296 e. The minimum Gasteiger partial charge on any atom is -0.296 e. The Morgan fingerprint density at radius 2 is 1.91 bits per heavy atom. The summed E-state index contributed by atoms with van der Waals surface area (Å²) in [5.41, 5.74) is 1.19. The van der Waals surface area contributed by atoms with Crippen LogP contribution in [0.3, 0.4) is 0 Å². The molecule has 110 valence electrons. The lowest BCUT2D eigenvalue weighted by atomic mass is 10.1. The van der Waals surface area contributed by atoms with Crippen molar-refractivity contribution in [3.63, 3.8) is 0 Å². The van der Waals surface area contributed by atoms with Crippen molar-refractivity contribution in [3.05, 3.63) is 71.4 Å². The van der Waals surface area contributed by atoms with Gasteiger partial charge < -0.3 is 0 Å². The van der Waals surface area contributed by atoms with Crippen molar-refractivity contribution in [2.45, 2.75) is 6.54 Å². The Bertz CT molecular complexity index is 830. The van der Waals surface area contributed by atoms with Crippen LogP contribution in [0.4, 0.5) is 8.78 Å². The van der Waals surface area contributed by atoms with E-state index in [4.69, 9.17) is 0 Å². The molecular weight excluding hydrogens is 288 g/mol. The monoisotopic (exact) mass is 299 g/mol. The number of nitrogens with zero attached hydrogens (tertiary/aromatic N) is 3. The van der Waals surface area contributed by atoms with Crippen molar-refractivity contribution in [2.24, 2.45) is 0 Å². The fraction of sp³-hybridized carbons (Fsp3) is 0.0625. The molecule has 1 aromatic heterocycles. The van der Waals surface area contributed by atoms with Gasteiger partial charge in [-0.2, -0.15) is 0 Å². The van der Waals surface area contributed by atoms with Crippen LogP contribution in [0.1, 0.15) is 16.1 Å². The third kappa shape index (κ3) is 2.63. The van der Waals surface area contributed by atoms with E-state index in [0.717, 1.165) is 0 Å². The van der Waals surface area contributed by atoms with Gasteiger partial charge >= 0.3 is 0 Å². The number of carbonyl (C=O) groups is 1. The first-order valence-electron chi connectivity index (χ1n) is 6.57. The highest BCUT2D eigenvalue weighted by Gasteiger charge is 2.17. The number of hydrogen-bond acceptors (Lipinski definition) is 3. The molecule has 0 saturated heterocycles. The molecule has 22 heavy (non-hydrogen) atoms. The molecule has 0 radical (unpaired) electrons. The van der Waals surface area contributed by atoms with Crippen LogP contribution in [0.2, 0.25) is 0 Å². The number of hydrogen-bond donors (Lipinski definition) is 0. The molecule has 0 aliphatic heterocycles. The minimum atomic E-state index is -0.478. The van der Waals surface area contributed by atoms with Gasteiger partial charge in [-0.1, -0.05) is 29.5 Å². The van der Waals surface area contributed by atoms with E-state index in [1.54, 1.807) is 30.3 Å². The van der Waals surface area contributed by atoms with E-state index in [9.17, 15) is 13.6 Å². The normalized spacial score (nSPS) is 10.6. The maximum Gasteiger partial charge on any atom is 0.172 e. The van der Waals surface area contributed by atoms with Crippen LogP contribution < -0.4 is 0 Å². The molecule has 1 heterocycles. The summed E-state index contributed by atoms with van der Waals surface area (Å²) in [5, 5.41) is 7.63. The van der Waals surface area contributed by atoms with Gasteiger partial charge in [0.15, 0.2) is 12.0 Å². The molecular formula is C16H11F2N3O. The van der Waals surface area contributed by atoms with Gasteiger partial charge in [-0.25, -0.2) is 13.5 Å². The average molecular weight is 299 g/mol. The highest BCUT2D eigenvalue weighted by Crippen LogP contribution is 2.25. The summed E-state index contributed by atoms with van der Waals surface area (Å²) in [7, 11) is 0. The number of aldehydes is 1. The second kappa shape index (κ2) is 5.85. The quantitative estimate of drug-likeness (QED) is 0.696. The first kappa shape index (κ1) is 14.1. The first-order valence-corrected chi connectivity index (χ1v) is 6.57. The number of aromatic nitrogens is 3. The standard InChI is InChI=1S/C16H11F2N3O/c17-12-5-3-4-11(8-12)9-21-16(15(10-22)19-20-21)13-6-1-2-7-14(13)18/h1-8,10H,9H2. The van der Waals surface area contributed by atoms with Crippen LogP contribution in [-0.4, -0.2) is 21.3 Å². The molecule has 2 aromatic carbocycles. The third-order valence-corrected chi connectivity index (χ3v) is 3.22. The van der Waals surface area contributed by atoms with Crippen LogP contribution in [0, 0.1) is 11.6 Å². The van der Waals surface area contributed by atoms with E-state index in [0.29, 0.717) is 11.8 Å². The molecule has 0 N–H and O–H groups in total. The minimum absolute atomic E-state index is 0.0431. The van der Waals surface area contributed by atoms with Gasteiger partial charge in [-0.3, -0.25) is 4.79 Å². The maximum absolute atomic E-state index is 14.0. The van der Waals surface area contributed by atoms with Crippen LogP contribution in [0.15, 0.2) is 48.5 Å². The Balaban J connectivity index is 2.08. The van der Waals surface area contributed by atoms with Crippen molar-refractivity contribution in [1.82, 2.24) is 15.0 Å². The number of halogens is 2. The summed E-state index contributed by atoms with van der Waals surface area (Å²) in [6, 6.07) is 12.0. The average Bonchev–Trinajstić information content (AvgIpc) is 2.90. The van der Waals surface area contributed by atoms with Crippen molar-refractivity contribution in [1.29, 1.82) is 0 Å². The summed E-state index contributed by atoms with van der Waals surface area (Å²) in [6.45, 7) is 0.183. The lowest BCUT2D eigenvalue weighted by molar-refractivity contribution is 0.111. The molecule has 0 fully saturated rings. The molecule has 6 heteroatoms. The van der Waals surface area contributed by atoms with Gasteiger partial charge in [0, 0.05) is 5.56 Å². The van der Waals surface area contributed by atoms with Gasteiger partial charge in [-0.15, -0.1) is 5.10 Å². The smallest absolute Gasteiger partial charge is 0.172 e. The van der Waals surface area contributed by atoms with Crippen molar-refractivity contribution >= 4 is 6.29 Å². The number of carbonyl (C=O) groups excluding carboxylic acids is 1. The summed E-state index contributed by atoms with van der Waals surface area (Å²) in [4.78, 5) is 11.1. The lowest BCUT2D eigenvalue weighted by Gasteiger charge is -2.08. The number of rotatable bonds is 4. The summed E-state index contributed by atoms with van der Waals surface area (Å²) in [6.07, 6.45) is 0.525. The Morgan fingerprint density at radius 1 is 1.09 bits per heavy atom. The van der Waals surface area contributed by atoms with E-state index in [1.807, 2.05) is 0 Å². The molecule has 4 nitrogen and oxygen atoms in total. The molecule has 0 spiro atoms. The second-order valence-corrected chi connectivity index (χ2v) is 4.71. The molecule has 0 bridgehead atoms. The van der Waals surface area contributed by atoms with Gasteiger partial charge in [-0.05, 0) is 29.8 Å². The van der Waals surface area contributed by atoms with Crippen molar-refractivity contribution in [2.75, 3.05) is 0 Å². The van der Waals surface area contributed by atoms with E-state index in [-0.39, 0.29) is 29.3 Å². The number of benzene rings is 2.